The number of aryl methyl sites for hydroxylation is 1. The minimum atomic E-state index is -0.0636. The average molecular weight is 341 g/mol. The number of carbonyl (C=O) groups excluding carboxylic acids is 1. The molecule has 0 spiro atoms. The summed E-state index contributed by atoms with van der Waals surface area (Å²) in [5.74, 6) is 0.0813. The van der Waals surface area contributed by atoms with Crippen LogP contribution in [0.1, 0.15) is 43.1 Å². The van der Waals surface area contributed by atoms with E-state index in [1.807, 2.05) is 30.0 Å². The van der Waals surface area contributed by atoms with Gasteiger partial charge in [0.2, 0.25) is 0 Å². The van der Waals surface area contributed by atoms with Crippen molar-refractivity contribution < 1.29 is 4.79 Å². The normalized spacial score (nSPS) is 11.5. The molecule has 1 amide bonds. The molecule has 1 aromatic rings. The Labute approximate surface area is 130 Å². The van der Waals surface area contributed by atoms with Crippen LogP contribution in [0.4, 0.5) is 0 Å². The third kappa shape index (κ3) is 4.91. The van der Waals surface area contributed by atoms with Crippen LogP contribution in [0.25, 0.3) is 0 Å². The first-order valence-corrected chi connectivity index (χ1v) is 7.85. The second-order valence-electron chi connectivity index (χ2n) is 6.11. The molecule has 0 saturated carbocycles. The number of carbonyl (C=O) groups is 1. The molecule has 20 heavy (non-hydrogen) atoms. The third-order valence-electron chi connectivity index (χ3n) is 3.24. The van der Waals surface area contributed by atoms with E-state index >= 15 is 0 Å². The number of benzene rings is 1. The lowest BCUT2D eigenvalue weighted by molar-refractivity contribution is 0.0689. The zero-order valence-corrected chi connectivity index (χ0v) is 14.5. The number of hydrogen-bond acceptors (Lipinski definition) is 2. The molecule has 0 radical (unpaired) electrons. The Morgan fingerprint density at radius 3 is 2.50 bits per heavy atom. The van der Waals surface area contributed by atoms with Gasteiger partial charge >= 0.3 is 0 Å². The van der Waals surface area contributed by atoms with Gasteiger partial charge in [-0.3, -0.25) is 4.79 Å². The highest BCUT2D eigenvalue weighted by molar-refractivity contribution is 9.10. The molecule has 1 aromatic carbocycles. The van der Waals surface area contributed by atoms with E-state index < -0.39 is 0 Å². The number of amides is 1. The summed E-state index contributed by atoms with van der Waals surface area (Å²) in [5.41, 5.74) is 7.54. The van der Waals surface area contributed by atoms with Crippen LogP contribution in [-0.4, -0.2) is 30.4 Å². The zero-order chi connectivity index (χ0) is 15.3. The molecule has 0 saturated heterocycles. The van der Waals surface area contributed by atoms with Gasteiger partial charge in [0.1, 0.15) is 0 Å². The molecule has 0 aliphatic heterocycles. The predicted octanol–water partition coefficient (Wildman–Crippen LogP) is 3.59. The molecule has 3 nitrogen and oxygen atoms in total. The monoisotopic (exact) mass is 340 g/mol. The summed E-state index contributed by atoms with van der Waals surface area (Å²) < 4.78 is 0.940. The van der Waals surface area contributed by atoms with E-state index in [1.54, 1.807) is 0 Å². The fraction of sp³-hybridized carbons (Fsp3) is 0.562. The van der Waals surface area contributed by atoms with Crippen molar-refractivity contribution in [2.75, 3.05) is 19.6 Å². The maximum Gasteiger partial charge on any atom is 0.253 e. The Bertz CT molecular complexity index is 451. The number of hydrogen-bond donors (Lipinski definition) is 1. The van der Waals surface area contributed by atoms with Gasteiger partial charge in [-0.25, -0.2) is 0 Å². The van der Waals surface area contributed by atoms with Crippen molar-refractivity contribution in [2.45, 2.75) is 34.1 Å². The molecule has 0 aliphatic rings. The summed E-state index contributed by atoms with van der Waals surface area (Å²) in [6, 6.07) is 5.82. The summed E-state index contributed by atoms with van der Waals surface area (Å²) in [6.45, 7) is 10.3. The molecule has 0 aromatic heterocycles. The molecule has 0 heterocycles. The Hall–Kier alpha value is -0.870. The fourth-order valence-electron chi connectivity index (χ4n) is 2.15. The van der Waals surface area contributed by atoms with E-state index in [-0.39, 0.29) is 11.3 Å². The molecule has 0 aliphatic carbocycles. The highest BCUT2D eigenvalue weighted by Crippen LogP contribution is 2.20. The number of halogens is 1. The summed E-state index contributed by atoms with van der Waals surface area (Å²) in [4.78, 5) is 14.6. The lowest BCUT2D eigenvalue weighted by Gasteiger charge is -2.32. The quantitative estimate of drug-likeness (QED) is 0.859. The van der Waals surface area contributed by atoms with E-state index in [4.69, 9.17) is 5.73 Å². The van der Waals surface area contributed by atoms with E-state index in [0.717, 1.165) is 28.6 Å². The van der Waals surface area contributed by atoms with Crippen molar-refractivity contribution in [2.24, 2.45) is 11.1 Å². The highest BCUT2D eigenvalue weighted by Gasteiger charge is 2.24. The van der Waals surface area contributed by atoms with Crippen LogP contribution in [0.15, 0.2) is 22.7 Å². The van der Waals surface area contributed by atoms with Crippen LogP contribution >= 0.6 is 15.9 Å². The van der Waals surface area contributed by atoms with E-state index in [9.17, 15) is 4.79 Å². The SMILES string of the molecule is CCCN(CC(C)(C)CN)C(=O)c1cc(C)cc(Br)c1. The zero-order valence-electron chi connectivity index (χ0n) is 12.9. The second kappa shape index (κ2) is 7.23. The first-order valence-electron chi connectivity index (χ1n) is 7.05. The van der Waals surface area contributed by atoms with Gasteiger partial charge in [-0.1, -0.05) is 36.7 Å². The first-order chi connectivity index (χ1) is 9.29. The van der Waals surface area contributed by atoms with Crippen molar-refractivity contribution in [3.05, 3.63) is 33.8 Å². The molecular weight excluding hydrogens is 316 g/mol. The van der Waals surface area contributed by atoms with Crippen LogP contribution in [0, 0.1) is 12.3 Å². The van der Waals surface area contributed by atoms with Crippen molar-refractivity contribution >= 4 is 21.8 Å². The van der Waals surface area contributed by atoms with Crippen LogP contribution in [-0.2, 0) is 0 Å². The van der Waals surface area contributed by atoms with Crippen LogP contribution in [0.3, 0.4) is 0 Å². The van der Waals surface area contributed by atoms with Crippen molar-refractivity contribution in [3.8, 4) is 0 Å². The smallest absolute Gasteiger partial charge is 0.253 e. The van der Waals surface area contributed by atoms with Gasteiger partial charge < -0.3 is 10.6 Å². The number of nitrogens with two attached hydrogens (primary N) is 1. The van der Waals surface area contributed by atoms with Crippen molar-refractivity contribution in [1.29, 1.82) is 0 Å². The second-order valence-corrected chi connectivity index (χ2v) is 7.03. The maximum absolute atomic E-state index is 12.7. The van der Waals surface area contributed by atoms with Crippen LogP contribution in [0.2, 0.25) is 0 Å². The Morgan fingerprint density at radius 1 is 1.35 bits per heavy atom. The summed E-state index contributed by atoms with van der Waals surface area (Å²) in [5, 5.41) is 0. The summed E-state index contributed by atoms with van der Waals surface area (Å²) >= 11 is 3.45. The Kier molecular flexibility index (Phi) is 6.21. The molecular formula is C16H25BrN2O. The molecule has 0 fully saturated rings. The van der Waals surface area contributed by atoms with E-state index in [0.29, 0.717) is 13.1 Å². The van der Waals surface area contributed by atoms with Gasteiger partial charge in [-0.05, 0) is 49.1 Å². The first kappa shape index (κ1) is 17.2. The lowest BCUT2D eigenvalue weighted by Crippen LogP contribution is -2.42. The molecule has 2 N–H and O–H groups in total. The largest absolute Gasteiger partial charge is 0.338 e. The van der Waals surface area contributed by atoms with Gasteiger partial charge in [-0.2, -0.15) is 0 Å². The molecule has 0 bridgehead atoms. The van der Waals surface area contributed by atoms with Gasteiger partial charge in [-0.15, -0.1) is 0 Å². The molecule has 4 heteroatoms. The van der Waals surface area contributed by atoms with Crippen molar-refractivity contribution in [3.63, 3.8) is 0 Å². The number of rotatable bonds is 6. The summed E-state index contributed by atoms with van der Waals surface area (Å²) in [7, 11) is 0. The Morgan fingerprint density at radius 2 is 2.00 bits per heavy atom. The number of nitrogens with zero attached hydrogens (tertiary/aromatic N) is 1. The van der Waals surface area contributed by atoms with Gasteiger partial charge in [0.25, 0.3) is 5.91 Å². The molecule has 0 unspecified atom stereocenters. The van der Waals surface area contributed by atoms with Crippen LogP contribution in [0.5, 0.6) is 0 Å². The Balaban J connectivity index is 2.99. The maximum atomic E-state index is 12.7. The topological polar surface area (TPSA) is 46.3 Å². The van der Waals surface area contributed by atoms with Gasteiger partial charge in [0, 0.05) is 23.1 Å². The minimum absolute atomic E-state index is 0.0636. The van der Waals surface area contributed by atoms with Gasteiger partial charge in [0.15, 0.2) is 0 Å². The third-order valence-corrected chi connectivity index (χ3v) is 3.70. The lowest BCUT2D eigenvalue weighted by atomic mass is 9.92. The summed E-state index contributed by atoms with van der Waals surface area (Å²) in [6.07, 6.45) is 0.944. The molecule has 0 atom stereocenters. The van der Waals surface area contributed by atoms with Gasteiger partial charge in [0.05, 0.1) is 0 Å². The predicted molar refractivity (Wildman–Crippen MR) is 87.9 cm³/mol. The standard InChI is InChI=1S/C16H25BrN2O/c1-5-6-19(11-16(3,4)10-18)15(20)13-7-12(2)8-14(17)9-13/h7-9H,5-6,10-11,18H2,1-4H3. The molecule has 112 valence electrons. The van der Waals surface area contributed by atoms with Crippen LogP contribution < -0.4 is 5.73 Å². The highest BCUT2D eigenvalue weighted by atomic mass is 79.9. The van der Waals surface area contributed by atoms with Crippen molar-refractivity contribution in [1.82, 2.24) is 4.90 Å². The minimum Gasteiger partial charge on any atom is -0.338 e. The van der Waals surface area contributed by atoms with E-state index in [1.165, 1.54) is 0 Å². The fourth-order valence-corrected chi connectivity index (χ4v) is 2.75. The van der Waals surface area contributed by atoms with E-state index in [2.05, 4.69) is 36.7 Å². The average Bonchev–Trinajstić information content (AvgIpc) is 2.36. The molecule has 1 rings (SSSR count).